The summed E-state index contributed by atoms with van der Waals surface area (Å²) < 4.78 is 0. The van der Waals surface area contributed by atoms with E-state index < -0.39 is 0 Å². The SMILES string of the molecule is Cc1cccc(C(=O)NC2CCNCC2)c1. The standard InChI is InChI=1S/C13H18N2O/c1-10-3-2-4-11(9-10)13(16)15-12-5-7-14-8-6-12/h2-4,9,12,14H,5-8H2,1H3,(H,15,16). The quantitative estimate of drug-likeness (QED) is 0.789. The van der Waals surface area contributed by atoms with Gasteiger partial charge in [0, 0.05) is 11.6 Å². The first-order valence-corrected chi connectivity index (χ1v) is 5.84. The third kappa shape index (κ3) is 2.83. The van der Waals surface area contributed by atoms with Crippen LogP contribution in [0.2, 0.25) is 0 Å². The van der Waals surface area contributed by atoms with Crippen molar-refractivity contribution >= 4 is 5.91 Å². The highest BCUT2D eigenvalue weighted by molar-refractivity contribution is 5.94. The minimum atomic E-state index is 0.0515. The van der Waals surface area contributed by atoms with Crippen LogP contribution in [0.1, 0.15) is 28.8 Å². The summed E-state index contributed by atoms with van der Waals surface area (Å²) in [5, 5.41) is 6.37. The predicted molar refractivity (Wildman–Crippen MR) is 64.5 cm³/mol. The highest BCUT2D eigenvalue weighted by Crippen LogP contribution is 2.07. The van der Waals surface area contributed by atoms with Crippen molar-refractivity contribution in [3.63, 3.8) is 0 Å². The number of hydrogen-bond acceptors (Lipinski definition) is 2. The summed E-state index contributed by atoms with van der Waals surface area (Å²) in [6.45, 7) is 4.00. The Morgan fingerprint density at radius 1 is 1.38 bits per heavy atom. The lowest BCUT2D eigenvalue weighted by Crippen LogP contribution is -2.42. The highest BCUT2D eigenvalue weighted by Gasteiger charge is 2.15. The van der Waals surface area contributed by atoms with E-state index in [0.29, 0.717) is 6.04 Å². The Hall–Kier alpha value is -1.35. The zero-order valence-electron chi connectivity index (χ0n) is 9.62. The number of rotatable bonds is 2. The molecule has 1 aromatic rings. The van der Waals surface area contributed by atoms with Crippen molar-refractivity contribution in [1.82, 2.24) is 10.6 Å². The minimum Gasteiger partial charge on any atom is -0.349 e. The molecular formula is C13H18N2O. The van der Waals surface area contributed by atoms with Gasteiger partial charge >= 0.3 is 0 Å². The van der Waals surface area contributed by atoms with Gasteiger partial charge in [0.05, 0.1) is 0 Å². The normalized spacial score (nSPS) is 17.1. The average Bonchev–Trinajstić information content (AvgIpc) is 2.30. The third-order valence-electron chi connectivity index (χ3n) is 2.95. The molecule has 0 radical (unpaired) electrons. The fraction of sp³-hybridized carbons (Fsp3) is 0.462. The van der Waals surface area contributed by atoms with Gasteiger partial charge in [-0.2, -0.15) is 0 Å². The Balaban J connectivity index is 1.97. The van der Waals surface area contributed by atoms with Gasteiger partial charge in [-0.05, 0) is 45.0 Å². The largest absolute Gasteiger partial charge is 0.349 e. The van der Waals surface area contributed by atoms with E-state index in [1.807, 2.05) is 31.2 Å². The Kier molecular flexibility index (Phi) is 3.57. The number of piperidine rings is 1. The molecule has 1 saturated heterocycles. The van der Waals surface area contributed by atoms with Crippen molar-refractivity contribution in [2.24, 2.45) is 0 Å². The lowest BCUT2D eigenvalue weighted by atomic mass is 10.1. The number of nitrogens with one attached hydrogen (secondary N) is 2. The van der Waals surface area contributed by atoms with Crippen LogP contribution >= 0.6 is 0 Å². The van der Waals surface area contributed by atoms with E-state index in [1.165, 1.54) is 0 Å². The summed E-state index contributed by atoms with van der Waals surface area (Å²) >= 11 is 0. The van der Waals surface area contributed by atoms with Gasteiger partial charge in [0.25, 0.3) is 5.91 Å². The van der Waals surface area contributed by atoms with Gasteiger partial charge in [0.2, 0.25) is 0 Å². The number of aryl methyl sites for hydroxylation is 1. The maximum absolute atomic E-state index is 11.9. The van der Waals surface area contributed by atoms with Crippen LogP contribution in [0, 0.1) is 6.92 Å². The predicted octanol–water partition coefficient (Wildman–Crippen LogP) is 1.48. The molecule has 1 fully saturated rings. The van der Waals surface area contributed by atoms with Crippen molar-refractivity contribution < 1.29 is 4.79 Å². The smallest absolute Gasteiger partial charge is 0.251 e. The van der Waals surface area contributed by atoms with Crippen LogP contribution in [0.4, 0.5) is 0 Å². The Morgan fingerprint density at radius 3 is 2.81 bits per heavy atom. The molecule has 0 saturated carbocycles. The molecule has 1 aliphatic heterocycles. The molecular weight excluding hydrogens is 200 g/mol. The minimum absolute atomic E-state index is 0.0515. The molecule has 0 spiro atoms. The van der Waals surface area contributed by atoms with Gasteiger partial charge in [0.15, 0.2) is 0 Å². The summed E-state index contributed by atoms with van der Waals surface area (Å²) in [5.74, 6) is 0.0515. The van der Waals surface area contributed by atoms with E-state index in [9.17, 15) is 4.79 Å². The number of amides is 1. The first kappa shape index (κ1) is 11.1. The number of carbonyl (C=O) groups excluding carboxylic acids is 1. The molecule has 0 atom stereocenters. The summed E-state index contributed by atoms with van der Waals surface area (Å²) in [6, 6.07) is 8.04. The molecule has 0 aromatic heterocycles. The molecule has 2 N–H and O–H groups in total. The Bertz CT molecular complexity index is 370. The molecule has 1 aromatic carbocycles. The second-order valence-electron chi connectivity index (χ2n) is 4.37. The average molecular weight is 218 g/mol. The number of benzene rings is 1. The van der Waals surface area contributed by atoms with Crippen LogP contribution in [-0.2, 0) is 0 Å². The monoisotopic (exact) mass is 218 g/mol. The zero-order valence-corrected chi connectivity index (χ0v) is 9.62. The van der Waals surface area contributed by atoms with Crippen LogP contribution in [-0.4, -0.2) is 25.0 Å². The summed E-state index contributed by atoms with van der Waals surface area (Å²) in [6.07, 6.45) is 2.05. The molecule has 2 rings (SSSR count). The molecule has 86 valence electrons. The summed E-state index contributed by atoms with van der Waals surface area (Å²) in [5.41, 5.74) is 1.89. The third-order valence-corrected chi connectivity index (χ3v) is 2.95. The Morgan fingerprint density at radius 2 is 2.12 bits per heavy atom. The van der Waals surface area contributed by atoms with E-state index in [2.05, 4.69) is 10.6 Å². The fourth-order valence-corrected chi connectivity index (χ4v) is 2.02. The van der Waals surface area contributed by atoms with Crippen molar-refractivity contribution in [2.45, 2.75) is 25.8 Å². The maximum atomic E-state index is 11.9. The van der Waals surface area contributed by atoms with E-state index in [-0.39, 0.29) is 5.91 Å². The number of hydrogen-bond donors (Lipinski definition) is 2. The first-order chi connectivity index (χ1) is 7.75. The molecule has 0 bridgehead atoms. The lowest BCUT2D eigenvalue weighted by molar-refractivity contribution is 0.0929. The molecule has 0 unspecified atom stereocenters. The highest BCUT2D eigenvalue weighted by atomic mass is 16.1. The molecule has 0 aliphatic carbocycles. The van der Waals surface area contributed by atoms with Crippen LogP contribution in [0.3, 0.4) is 0 Å². The molecule has 1 amide bonds. The van der Waals surface area contributed by atoms with Crippen LogP contribution in [0.5, 0.6) is 0 Å². The topological polar surface area (TPSA) is 41.1 Å². The first-order valence-electron chi connectivity index (χ1n) is 5.84. The molecule has 3 nitrogen and oxygen atoms in total. The Labute approximate surface area is 96.2 Å². The van der Waals surface area contributed by atoms with E-state index in [0.717, 1.165) is 37.1 Å². The van der Waals surface area contributed by atoms with E-state index >= 15 is 0 Å². The van der Waals surface area contributed by atoms with E-state index in [1.54, 1.807) is 0 Å². The van der Waals surface area contributed by atoms with Crippen molar-refractivity contribution in [1.29, 1.82) is 0 Å². The van der Waals surface area contributed by atoms with Gasteiger partial charge < -0.3 is 10.6 Å². The second-order valence-corrected chi connectivity index (χ2v) is 4.37. The lowest BCUT2D eigenvalue weighted by Gasteiger charge is -2.23. The van der Waals surface area contributed by atoms with Gasteiger partial charge in [-0.3, -0.25) is 4.79 Å². The van der Waals surface area contributed by atoms with Crippen molar-refractivity contribution in [2.75, 3.05) is 13.1 Å². The van der Waals surface area contributed by atoms with Crippen LogP contribution < -0.4 is 10.6 Å². The molecule has 3 heteroatoms. The fourth-order valence-electron chi connectivity index (χ4n) is 2.02. The molecule has 1 heterocycles. The zero-order chi connectivity index (χ0) is 11.4. The van der Waals surface area contributed by atoms with Crippen molar-refractivity contribution in [3.8, 4) is 0 Å². The van der Waals surface area contributed by atoms with Gasteiger partial charge in [-0.25, -0.2) is 0 Å². The summed E-state index contributed by atoms with van der Waals surface area (Å²) in [4.78, 5) is 11.9. The van der Waals surface area contributed by atoms with Crippen LogP contribution in [0.15, 0.2) is 24.3 Å². The molecule has 1 aliphatic rings. The van der Waals surface area contributed by atoms with Gasteiger partial charge in [-0.1, -0.05) is 17.7 Å². The second kappa shape index (κ2) is 5.12. The van der Waals surface area contributed by atoms with E-state index in [4.69, 9.17) is 0 Å². The summed E-state index contributed by atoms with van der Waals surface area (Å²) in [7, 11) is 0. The van der Waals surface area contributed by atoms with Crippen LogP contribution in [0.25, 0.3) is 0 Å². The van der Waals surface area contributed by atoms with Gasteiger partial charge in [-0.15, -0.1) is 0 Å². The number of carbonyl (C=O) groups is 1. The molecule has 16 heavy (non-hydrogen) atoms. The maximum Gasteiger partial charge on any atom is 0.251 e. The van der Waals surface area contributed by atoms with Gasteiger partial charge in [0.1, 0.15) is 0 Å². The van der Waals surface area contributed by atoms with Crippen molar-refractivity contribution in [3.05, 3.63) is 35.4 Å².